The topological polar surface area (TPSA) is 51.2 Å². The Kier molecular flexibility index (Phi) is 4.50. The Labute approximate surface area is 112 Å². The third-order valence-corrected chi connectivity index (χ3v) is 2.58. The molecule has 0 spiro atoms. The number of benzene rings is 1. The maximum atomic E-state index is 12.0. The smallest absolute Gasteiger partial charge is 0.228 e. The molecule has 0 aliphatic rings. The molecule has 1 aromatic heterocycles. The van der Waals surface area contributed by atoms with Crippen molar-refractivity contribution in [3.8, 4) is 5.75 Å². The molecule has 0 aliphatic carbocycles. The normalized spacial score (nSPS) is 9.95. The molecule has 0 radical (unpaired) electrons. The van der Waals surface area contributed by atoms with Crippen LogP contribution in [0.5, 0.6) is 5.75 Å². The van der Waals surface area contributed by atoms with E-state index in [1.165, 1.54) is 0 Å². The first-order chi connectivity index (χ1) is 9.29. The lowest BCUT2D eigenvalue weighted by molar-refractivity contribution is -0.115. The van der Waals surface area contributed by atoms with Gasteiger partial charge in [-0.2, -0.15) is 0 Å². The lowest BCUT2D eigenvalue weighted by Crippen LogP contribution is -2.15. The van der Waals surface area contributed by atoms with Gasteiger partial charge in [0.25, 0.3) is 0 Å². The van der Waals surface area contributed by atoms with Crippen molar-refractivity contribution in [2.75, 3.05) is 11.9 Å². The SMILES string of the molecule is CCOc1ccccc1NC(=O)Cc1ccncc1. The summed E-state index contributed by atoms with van der Waals surface area (Å²) in [5.41, 5.74) is 1.63. The lowest BCUT2D eigenvalue weighted by Gasteiger charge is -2.11. The standard InChI is InChI=1S/C15H16N2O2/c1-2-19-14-6-4-3-5-13(14)17-15(18)11-12-7-9-16-10-8-12/h3-10H,2,11H2,1H3,(H,17,18). The fraction of sp³-hybridized carbons (Fsp3) is 0.200. The van der Waals surface area contributed by atoms with E-state index in [1.807, 2.05) is 43.3 Å². The van der Waals surface area contributed by atoms with Crippen LogP contribution in [0.3, 0.4) is 0 Å². The third-order valence-electron chi connectivity index (χ3n) is 2.58. The minimum atomic E-state index is -0.0710. The van der Waals surface area contributed by atoms with E-state index in [9.17, 15) is 4.79 Å². The number of nitrogens with zero attached hydrogens (tertiary/aromatic N) is 1. The second-order valence-electron chi connectivity index (χ2n) is 4.01. The number of para-hydroxylation sites is 2. The molecule has 4 heteroatoms. The Balaban J connectivity index is 2.03. The Morgan fingerprint density at radius 3 is 2.68 bits per heavy atom. The monoisotopic (exact) mass is 256 g/mol. The third kappa shape index (κ3) is 3.81. The van der Waals surface area contributed by atoms with Crippen LogP contribution in [0, 0.1) is 0 Å². The van der Waals surface area contributed by atoms with E-state index >= 15 is 0 Å². The van der Waals surface area contributed by atoms with E-state index in [2.05, 4.69) is 10.3 Å². The minimum absolute atomic E-state index is 0.0710. The molecule has 2 rings (SSSR count). The summed E-state index contributed by atoms with van der Waals surface area (Å²) in [6, 6.07) is 11.1. The van der Waals surface area contributed by atoms with Crippen molar-refractivity contribution in [3.05, 3.63) is 54.4 Å². The van der Waals surface area contributed by atoms with Gasteiger partial charge in [-0.25, -0.2) is 0 Å². The average Bonchev–Trinajstić information content (AvgIpc) is 2.42. The predicted octanol–water partition coefficient (Wildman–Crippen LogP) is 2.66. The molecule has 2 aromatic rings. The zero-order valence-electron chi connectivity index (χ0n) is 10.8. The summed E-state index contributed by atoms with van der Waals surface area (Å²) in [4.78, 5) is 15.9. The van der Waals surface area contributed by atoms with E-state index in [-0.39, 0.29) is 5.91 Å². The van der Waals surface area contributed by atoms with Crippen molar-refractivity contribution in [3.63, 3.8) is 0 Å². The molecule has 0 unspecified atom stereocenters. The molecular formula is C15H16N2O2. The number of aromatic nitrogens is 1. The molecule has 0 bridgehead atoms. The van der Waals surface area contributed by atoms with Crippen LogP contribution < -0.4 is 10.1 Å². The van der Waals surface area contributed by atoms with Gasteiger partial charge in [-0.05, 0) is 36.8 Å². The number of carbonyl (C=O) groups is 1. The predicted molar refractivity (Wildman–Crippen MR) is 74.2 cm³/mol. The molecule has 1 heterocycles. The number of rotatable bonds is 5. The van der Waals surface area contributed by atoms with E-state index in [0.29, 0.717) is 24.5 Å². The average molecular weight is 256 g/mol. The van der Waals surface area contributed by atoms with Gasteiger partial charge >= 0.3 is 0 Å². The van der Waals surface area contributed by atoms with Gasteiger partial charge in [0.1, 0.15) is 5.75 Å². The lowest BCUT2D eigenvalue weighted by atomic mass is 10.2. The zero-order chi connectivity index (χ0) is 13.5. The van der Waals surface area contributed by atoms with Crippen molar-refractivity contribution in [2.24, 2.45) is 0 Å². The maximum Gasteiger partial charge on any atom is 0.228 e. The number of amides is 1. The van der Waals surface area contributed by atoms with Crippen LogP contribution >= 0.6 is 0 Å². The number of nitrogens with one attached hydrogen (secondary N) is 1. The first-order valence-electron chi connectivity index (χ1n) is 6.20. The molecule has 0 saturated heterocycles. The highest BCUT2D eigenvalue weighted by molar-refractivity contribution is 5.93. The van der Waals surface area contributed by atoms with Crippen LogP contribution in [0.4, 0.5) is 5.69 Å². The summed E-state index contributed by atoms with van der Waals surface area (Å²) < 4.78 is 5.46. The van der Waals surface area contributed by atoms with Crippen LogP contribution in [-0.4, -0.2) is 17.5 Å². The Bertz CT molecular complexity index is 541. The molecule has 0 aliphatic heterocycles. The van der Waals surface area contributed by atoms with Crippen LogP contribution in [-0.2, 0) is 11.2 Å². The number of anilines is 1. The Hall–Kier alpha value is -2.36. The molecule has 0 fully saturated rings. The molecule has 19 heavy (non-hydrogen) atoms. The summed E-state index contributed by atoms with van der Waals surface area (Å²) >= 11 is 0. The van der Waals surface area contributed by atoms with Crippen molar-refractivity contribution >= 4 is 11.6 Å². The molecule has 1 N–H and O–H groups in total. The van der Waals surface area contributed by atoms with Crippen LogP contribution in [0.2, 0.25) is 0 Å². The van der Waals surface area contributed by atoms with Crippen molar-refractivity contribution < 1.29 is 9.53 Å². The minimum Gasteiger partial charge on any atom is -0.492 e. The second kappa shape index (κ2) is 6.54. The van der Waals surface area contributed by atoms with Gasteiger partial charge < -0.3 is 10.1 Å². The molecule has 4 nitrogen and oxygen atoms in total. The van der Waals surface area contributed by atoms with Crippen molar-refractivity contribution in [1.82, 2.24) is 4.98 Å². The number of pyridine rings is 1. The summed E-state index contributed by atoms with van der Waals surface area (Å²) in [7, 11) is 0. The fourth-order valence-electron chi connectivity index (χ4n) is 1.73. The molecule has 0 atom stereocenters. The van der Waals surface area contributed by atoms with E-state index < -0.39 is 0 Å². The Morgan fingerprint density at radius 1 is 1.21 bits per heavy atom. The van der Waals surface area contributed by atoms with Crippen molar-refractivity contribution in [2.45, 2.75) is 13.3 Å². The first kappa shape index (κ1) is 13.1. The van der Waals surface area contributed by atoms with Gasteiger partial charge in [0.05, 0.1) is 18.7 Å². The summed E-state index contributed by atoms with van der Waals surface area (Å²) in [5, 5.41) is 2.86. The maximum absolute atomic E-state index is 12.0. The number of carbonyl (C=O) groups excluding carboxylic acids is 1. The van der Waals surface area contributed by atoms with E-state index in [4.69, 9.17) is 4.74 Å². The van der Waals surface area contributed by atoms with Gasteiger partial charge in [-0.1, -0.05) is 12.1 Å². The highest BCUT2D eigenvalue weighted by atomic mass is 16.5. The van der Waals surface area contributed by atoms with Gasteiger partial charge in [0.2, 0.25) is 5.91 Å². The largest absolute Gasteiger partial charge is 0.492 e. The van der Waals surface area contributed by atoms with Crippen molar-refractivity contribution in [1.29, 1.82) is 0 Å². The molecular weight excluding hydrogens is 240 g/mol. The number of ether oxygens (including phenoxy) is 1. The van der Waals surface area contributed by atoms with Gasteiger partial charge in [-0.3, -0.25) is 9.78 Å². The van der Waals surface area contributed by atoms with Crippen LogP contribution in [0.25, 0.3) is 0 Å². The molecule has 0 saturated carbocycles. The number of hydrogen-bond acceptors (Lipinski definition) is 3. The second-order valence-corrected chi connectivity index (χ2v) is 4.01. The Morgan fingerprint density at radius 2 is 1.95 bits per heavy atom. The van der Waals surface area contributed by atoms with Gasteiger partial charge in [0, 0.05) is 12.4 Å². The zero-order valence-corrected chi connectivity index (χ0v) is 10.8. The highest BCUT2D eigenvalue weighted by Crippen LogP contribution is 2.23. The molecule has 1 amide bonds. The van der Waals surface area contributed by atoms with Gasteiger partial charge in [0.15, 0.2) is 0 Å². The quantitative estimate of drug-likeness (QED) is 0.894. The van der Waals surface area contributed by atoms with E-state index in [1.54, 1.807) is 12.4 Å². The summed E-state index contributed by atoms with van der Waals surface area (Å²) in [6.45, 7) is 2.48. The summed E-state index contributed by atoms with van der Waals surface area (Å²) in [6.07, 6.45) is 3.68. The van der Waals surface area contributed by atoms with Gasteiger partial charge in [-0.15, -0.1) is 0 Å². The summed E-state index contributed by atoms with van der Waals surface area (Å²) in [5.74, 6) is 0.617. The highest BCUT2D eigenvalue weighted by Gasteiger charge is 2.07. The molecule has 1 aromatic carbocycles. The first-order valence-corrected chi connectivity index (χ1v) is 6.20. The van der Waals surface area contributed by atoms with E-state index in [0.717, 1.165) is 5.56 Å². The van der Waals surface area contributed by atoms with Crippen LogP contribution in [0.1, 0.15) is 12.5 Å². The fourth-order valence-corrected chi connectivity index (χ4v) is 1.73. The van der Waals surface area contributed by atoms with Crippen LogP contribution in [0.15, 0.2) is 48.8 Å². The molecule has 98 valence electrons. The number of hydrogen-bond donors (Lipinski definition) is 1.